The van der Waals surface area contributed by atoms with Crippen molar-refractivity contribution in [3.8, 4) is 0 Å². The average Bonchev–Trinajstić information content (AvgIpc) is 2.91. The molecule has 0 aliphatic rings. The van der Waals surface area contributed by atoms with Gasteiger partial charge in [0.15, 0.2) is 0 Å². The van der Waals surface area contributed by atoms with Gasteiger partial charge in [-0.25, -0.2) is 4.98 Å². The first-order valence-electron chi connectivity index (χ1n) is 7.85. The molecule has 1 unspecified atom stereocenters. The summed E-state index contributed by atoms with van der Waals surface area (Å²) >= 11 is 1.66. The first kappa shape index (κ1) is 16.0. The maximum Gasteiger partial charge on any atom is 0.226 e. The molecule has 0 saturated heterocycles. The van der Waals surface area contributed by atoms with Gasteiger partial charge in [0.25, 0.3) is 0 Å². The Balaban J connectivity index is 2.14. The summed E-state index contributed by atoms with van der Waals surface area (Å²) in [5, 5.41) is 10.0. The van der Waals surface area contributed by atoms with Crippen LogP contribution in [0.2, 0.25) is 0 Å². The average molecular weight is 306 g/mol. The molecule has 0 radical (unpaired) electrons. The normalized spacial score (nSPS) is 12.8. The molecular weight excluding hydrogens is 280 g/mol. The number of hydrogen-bond acceptors (Lipinski definition) is 5. The molecule has 0 fully saturated rings. The highest BCUT2D eigenvalue weighted by atomic mass is 32.1. The van der Waals surface area contributed by atoms with Crippen LogP contribution in [0, 0.1) is 5.92 Å². The van der Waals surface area contributed by atoms with E-state index in [1.807, 2.05) is 0 Å². The zero-order valence-electron chi connectivity index (χ0n) is 13.4. The van der Waals surface area contributed by atoms with E-state index in [-0.39, 0.29) is 0 Å². The second-order valence-corrected chi connectivity index (χ2v) is 6.87. The molecule has 0 bridgehead atoms. The van der Waals surface area contributed by atoms with Crippen LogP contribution in [0.25, 0.3) is 10.2 Å². The molecule has 2 aromatic rings. The van der Waals surface area contributed by atoms with Gasteiger partial charge in [0, 0.05) is 12.6 Å². The van der Waals surface area contributed by atoms with E-state index in [1.165, 1.54) is 6.42 Å². The summed E-state index contributed by atoms with van der Waals surface area (Å²) < 4.78 is 0. The van der Waals surface area contributed by atoms with Gasteiger partial charge < -0.3 is 10.6 Å². The number of nitrogens with zero attached hydrogens (tertiary/aromatic N) is 2. The van der Waals surface area contributed by atoms with Gasteiger partial charge >= 0.3 is 0 Å². The molecule has 4 nitrogen and oxygen atoms in total. The fourth-order valence-corrected chi connectivity index (χ4v) is 2.93. The number of thiophene rings is 1. The maximum absolute atomic E-state index is 4.65. The second kappa shape index (κ2) is 7.59. The van der Waals surface area contributed by atoms with Crippen molar-refractivity contribution in [1.29, 1.82) is 0 Å². The van der Waals surface area contributed by atoms with Crippen LogP contribution in [0.4, 0.5) is 11.8 Å². The van der Waals surface area contributed by atoms with Gasteiger partial charge in [-0.2, -0.15) is 4.98 Å². The minimum atomic E-state index is 0.421. The van der Waals surface area contributed by atoms with Gasteiger partial charge in [-0.3, -0.25) is 0 Å². The van der Waals surface area contributed by atoms with Crippen LogP contribution < -0.4 is 10.6 Å². The standard InChI is InChI=1S/C16H26N4S/c1-5-9-17-16-19-14(13-8-10-21-15(13)20-16)18-12(4)7-6-11(2)3/h8,10-12H,5-7,9H2,1-4H3,(H2,17,18,19,20). The zero-order valence-corrected chi connectivity index (χ0v) is 14.3. The largest absolute Gasteiger partial charge is 0.367 e. The van der Waals surface area contributed by atoms with Gasteiger partial charge in [-0.05, 0) is 43.6 Å². The van der Waals surface area contributed by atoms with E-state index in [0.29, 0.717) is 6.04 Å². The first-order valence-corrected chi connectivity index (χ1v) is 8.73. The number of fused-ring (bicyclic) bond motifs is 1. The van der Waals surface area contributed by atoms with Crippen LogP contribution in [0.15, 0.2) is 11.4 Å². The topological polar surface area (TPSA) is 49.8 Å². The maximum atomic E-state index is 4.65. The summed E-state index contributed by atoms with van der Waals surface area (Å²) in [6.45, 7) is 9.80. The van der Waals surface area contributed by atoms with Crippen LogP contribution in [-0.4, -0.2) is 22.6 Å². The van der Waals surface area contributed by atoms with Gasteiger partial charge in [0.1, 0.15) is 10.6 Å². The van der Waals surface area contributed by atoms with E-state index >= 15 is 0 Å². The van der Waals surface area contributed by atoms with Crippen molar-refractivity contribution in [3.05, 3.63) is 11.4 Å². The van der Waals surface area contributed by atoms with Crippen LogP contribution in [0.3, 0.4) is 0 Å². The predicted molar refractivity (Wildman–Crippen MR) is 93.4 cm³/mol. The Morgan fingerprint density at radius 2 is 2.00 bits per heavy atom. The van der Waals surface area contributed by atoms with Gasteiger partial charge in [0.2, 0.25) is 5.95 Å². The molecule has 21 heavy (non-hydrogen) atoms. The lowest BCUT2D eigenvalue weighted by Gasteiger charge is -2.17. The molecule has 2 heterocycles. The monoisotopic (exact) mass is 306 g/mol. The van der Waals surface area contributed by atoms with Gasteiger partial charge in [-0.15, -0.1) is 11.3 Å². The number of rotatable bonds is 8. The summed E-state index contributed by atoms with van der Waals surface area (Å²) in [5.41, 5.74) is 0. The minimum Gasteiger partial charge on any atom is -0.367 e. The number of nitrogens with one attached hydrogen (secondary N) is 2. The number of anilines is 2. The highest BCUT2D eigenvalue weighted by Crippen LogP contribution is 2.27. The molecular formula is C16H26N4S. The lowest BCUT2D eigenvalue weighted by molar-refractivity contribution is 0.527. The third-order valence-electron chi connectivity index (χ3n) is 3.42. The fraction of sp³-hybridized carbons (Fsp3) is 0.625. The molecule has 0 spiro atoms. The molecule has 116 valence electrons. The lowest BCUT2D eigenvalue weighted by atomic mass is 10.0. The Kier molecular flexibility index (Phi) is 5.79. The first-order chi connectivity index (χ1) is 10.1. The minimum absolute atomic E-state index is 0.421. The van der Waals surface area contributed by atoms with Gasteiger partial charge in [0.05, 0.1) is 5.39 Å². The van der Waals surface area contributed by atoms with Crippen LogP contribution >= 0.6 is 11.3 Å². The molecule has 2 N–H and O–H groups in total. The lowest BCUT2D eigenvalue weighted by Crippen LogP contribution is -2.17. The van der Waals surface area contributed by atoms with E-state index in [1.54, 1.807) is 11.3 Å². The smallest absolute Gasteiger partial charge is 0.226 e. The summed E-state index contributed by atoms with van der Waals surface area (Å²) in [7, 11) is 0. The Morgan fingerprint density at radius 3 is 2.71 bits per heavy atom. The molecule has 5 heteroatoms. The van der Waals surface area contributed by atoms with E-state index in [4.69, 9.17) is 0 Å². The Hall–Kier alpha value is -1.36. The van der Waals surface area contributed by atoms with Crippen molar-refractivity contribution < 1.29 is 0 Å². The summed E-state index contributed by atoms with van der Waals surface area (Å²) in [4.78, 5) is 10.3. The van der Waals surface area contributed by atoms with E-state index in [9.17, 15) is 0 Å². The Bertz CT molecular complexity index is 564. The van der Waals surface area contributed by atoms with Crippen molar-refractivity contribution in [1.82, 2.24) is 9.97 Å². The zero-order chi connectivity index (χ0) is 15.2. The molecule has 2 rings (SSSR count). The Morgan fingerprint density at radius 1 is 1.19 bits per heavy atom. The summed E-state index contributed by atoms with van der Waals surface area (Å²) in [5.74, 6) is 2.42. The molecule has 0 aliphatic carbocycles. The van der Waals surface area contributed by atoms with Crippen molar-refractivity contribution in [3.63, 3.8) is 0 Å². The van der Waals surface area contributed by atoms with Crippen LogP contribution in [0.5, 0.6) is 0 Å². The van der Waals surface area contributed by atoms with E-state index in [0.717, 1.165) is 47.3 Å². The molecule has 0 aromatic carbocycles. The molecule has 0 saturated carbocycles. The van der Waals surface area contributed by atoms with Gasteiger partial charge in [-0.1, -0.05) is 20.8 Å². The van der Waals surface area contributed by atoms with Crippen molar-refractivity contribution in [2.24, 2.45) is 5.92 Å². The van der Waals surface area contributed by atoms with Crippen molar-refractivity contribution in [2.45, 2.75) is 53.0 Å². The SMILES string of the molecule is CCCNc1nc(NC(C)CCC(C)C)c2ccsc2n1. The molecule has 1 atom stereocenters. The third kappa shape index (κ3) is 4.56. The van der Waals surface area contributed by atoms with Crippen molar-refractivity contribution in [2.75, 3.05) is 17.2 Å². The quantitative estimate of drug-likeness (QED) is 0.739. The second-order valence-electron chi connectivity index (χ2n) is 5.98. The fourth-order valence-electron chi connectivity index (χ4n) is 2.17. The molecule has 2 aromatic heterocycles. The van der Waals surface area contributed by atoms with Crippen LogP contribution in [0.1, 0.15) is 47.0 Å². The Labute approximate surface area is 131 Å². The van der Waals surface area contributed by atoms with Crippen molar-refractivity contribution >= 4 is 33.3 Å². The van der Waals surface area contributed by atoms with Crippen LogP contribution in [-0.2, 0) is 0 Å². The molecule has 0 amide bonds. The number of aromatic nitrogens is 2. The predicted octanol–water partition coefficient (Wildman–Crippen LogP) is 4.75. The molecule has 0 aliphatic heterocycles. The highest BCUT2D eigenvalue weighted by Gasteiger charge is 2.11. The highest BCUT2D eigenvalue weighted by molar-refractivity contribution is 7.16. The number of hydrogen-bond donors (Lipinski definition) is 2. The summed E-state index contributed by atoms with van der Waals surface area (Å²) in [6, 6.07) is 2.52. The van der Waals surface area contributed by atoms with E-state index < -0.39 is 0 Å². The summed E-state index contributed by atoms with van der Waals surface area (Å²) in [6.07, 6.45) is 3.46. The van der Waals surface area contributed by atoms with E-state index in [2.05, 4.69) is 59.7 Å². The third-order valence-corrected chi connectivity index (χ3v) is 4.22.